The first-order valence-electron chi connectivity index (χ1n) is 8.81. The van der Waals surface area contributed by atoms with Gasteiger partial charge in [-0.25, -0.2) is 4.79 Å². The number of carbonyl (C=O) groups is 1. The van der Waals surface area contributed by atoms with Gasteiger partial charge in [-0.3, -0.25) is 0 Å². The van der Waals surface area contributed by atoms with Gasteiger partial charge in [-0.1, -0.05) is 56.3 Å². The Hall–Kier alpha value is -2.17. The van der Waals surface area contributed by atoms with Crippen LogP contribution in [-0.4, -0.2) is 27.9 Å². The fourth-order valence-electron chi connectivity index (χ4n) is 3.39. The lowest BCUT2D eigenvalue weighted by Crippen LogP contribution is -2.49. The molecule has 0 aliphatic heterocycles. The standard InChI is InChI=1S/C22H28O4/c1-16(12-20(23)24)10-11-22(25)17(2)13-19(14-21(22,3)4)26-15-18-8-6-5-7-9-18/h5-13,19,25H,14-15H2,1-4H3,(H,23,24)/b11-10+,16-12-/t19-,22-/m1/s1. The molecule has 0 radical (unpaired) electrons. The third-order valence-corrected chi connectivity index (χ3v) is 5.03. The minimum absolute atomic E-state index is 0.0745. The molecule has 26 heavy (non-hydrogen) atoms. The zero-order valence-corrected chi connectivity index (χ0v) is 15.9. The molecular formula is C22H28O4. The first-order chi connectivity index (χ1) is 12.1. The van der Waals surface area contributed by atoms with E-state index in [1.165, 1.54) is 0 Å². The largest absolute Gasteiger partial charge is 0.478 e. The molecule has 2 atom stereocenters. The molecule has 1 aliphatic rings. The number of ether oxygens (including phenoxy) is 1. The second-order valence-corrected chi connectivity index (χ2v) is 7.60. The summed E-state index contributed by atoms with van der Waals surface area (Å²) in [6, 6.07) is 10.0. The van der Waals surface area contributed by atoms with Crippen LogP contribution >= 0.6 is 0 Å². The van der Waals surface area contributed by atoms with Crippen LogP contribution in [0, 0.1) is 5.41 Å². The maximum absolute atomic E-state index is 11.3. The van der Waals surface area contributed by atoms with E-state index < -0.39 is 17.0 Å². The minimum atomic E-state index is -1.15. The second-order valence-electron chi connectivity index (χ2n) is 7.60. The second kappa shape index (κ2) is 8.02. The van der Waals surface area contributed by atoms with Gasteiger partial charge in [0.2, 0.25) is 0 Å². The van der Waals surface area contributed by atoms with Gasteiger partial charge >= 0.3 is 5.97 Å². The van der Waals surface area contributed by atoms with Gasteiger partial charge in [-0.15, -0.1) is 0 Å². The van der Waals surface area contributed by atoms with E-state index in [2.05, 4.69) is 0 Å². The third kappa shape index (κ3) is 4.71. The normalized spacial score (nSPS) is 26.0. The lowest BCUT2D eigenvalue weighted by molar-refractivity contribution is -0.131. The Bertz CT molecular complexity index is 728. The molecule has 0 amide bonds. The van der Waals surface area contributed by atoms with Crippen LogP contribution in [-0.2, 0) is 16.1 Å². The lowest BCUT2D eigenvalue weighted by atomic mass is 9.64. The fraction of sp³-hybridized carbons (Fsp3) is 0.409. The van der Waals surface area contributed by atoms with Crippen molar-refractivity contribution in [1.82, 2.24) is 0 Å². The number of benzene rings is 1. The van der Waals surface area contributed by atoms with Crippen LogP contribution in [0.15, 0.2) is 65.8 Å². The molecule has 140 valence electrons. The Morgan fingerprint density at radius 1 is 1.31 bits per heavy atom. The van der Waals surface area contributed by atoms with Crippen molar-refractivity contribution in [3.05, 3.63) is 71.3 Å². The molecule has 0 saturated heterocycles. The molecule has 0 heterocycles. The zero-order chi connectivity index (χ0) is 19.4. The first kappa shape index (κ1) is 20.1. The van der Waals surface area contributed by atoms with Gasteiger partial charge < -0.3 is 14.9 Å². The number of hydrogen-bond donors (Lipinski definition) is 2. The predicted octanol–water partition coefficient (Wildman–Crippen LogP) is 4.27. The van der Waals surface area contributed by atoms with Crippen LogP contribution in [0.4, 0.5) is 0 Å². The molecule has 0 unspecified atom stereocenters. The van der Waals surface area contributed by atoms with Gasteiger partial charge in [0.15, 0.2) is 0 Å². The van der Waals surface area contributed by atoms with Crippen LogP contribution in [0.2, 0.25) is 0 Å². The van der Waals surface area contributed by atoms with Crippen molar-refractivity contribution < 1.29 is 19.7 Å². The molecular weight excluding hydrogens is 328 g/mol. The summed E-state index contributed by atoms with van der Waals surface area (Å²) in [7, 11) is 0. The van der Waals surface area contributed by atoms with Crippen LogP contribution in [0.25, 0.3) is 0 Å². The zero-order valence-electron chi connectivity index (χ0n) is 15.9. The summed E-state index contributed by atoms with van der Waals surface area (Å²) >= 11 is 0. The molecule has 1 aromatic rings. The summed E-state index contributed by atoms with van der Waals surface area (Å²) in [5.41, 5.74) is 0.912. The van der Waals surface area contributed by atoms with Gasteiger partial charge in [0.1, 0.15) is 5.60 Å². The van der Waals surface area contributed by atoms with Crippen LogP contribution < -0.4 is 0 Å². The number of aliphatic carboxylic acids is 1. The molecule has 1 aromatic carbocycles. The molecule has 1 aliphatic carbocycles. The number of aliphatic hydroxyl groups is 1. The van der Waals surface area contributed by atoms with E-state index in [0.29, 0.717) is 18.6 Å². The predicted molar refractivity (Wildman–Crippen MR) is 103 cm³/mol. The molecule has 0 spiro atoms. The topological polar surface area (TPSA) is 66.8 Å². The number of hydrogen-bond acceptors (Lipinski definition) is 3. The average Bonchev–Trinajstić information content (AvgIpc) is 2.56. The smallest absolute Gasteiger partial charge is 0.328 e. The van der Waals surface area contributed by atoms with E-state index in [0.717, 1.165) is 17.2 Å². The summed E-state index contributed by atoms with van der Waals surface area (Å²) in [6.45, 7) is 8.13. The van der Waals surface area contributed by atoms with Gasteiger partial charge in [-0.05, 0) is 43.1 Å². The van der Waals surface area contributed by atoms with Crippen molar-refractivity contribution in [1.29, 1.82) is 0 Å². The fourth-order valence-corrected chi connectivity index (χ4v) is 3.39. The number of carboxylic acids is 1. The summed E-state index contributed by atoms with van der Waals surface area (Å²) in [4.78, 5) is 10.8. The van der Waals surface area contributed by atoms with Crippen molar-refractivity contribution in [3.8, 4) is 0 Å². The molecule has 0 bridgehead atoms. The van der Waals surface area contributed by atoms with Crippen LogP contribution in [0.3, 0.4) is 0 Å². The van der Waals surface area contributed by atoms with E-state index in [9.17, 15) is 9.90 Å². The van der Waals surface area contributed by atoms with Crippen LogP contribution in [0.1, 0.15) is 39.7 Å². The summed E-state index contributed by atoms with van der Waals surface area (Å²) < 4.78 is 6.05. The third-order valence-electron chi connectivity index (χ3n) is 5.03. The average molecular weight is 356 g/mol. The van der Waals surface area contributed by atoms with E-state index in [-0.39, 0.29) is 6.10 Å². The SMILES string of the molecule is CC1=C[C@@H](OCc2ccccc2)CC(C)(C)[C@@]1(O)/C=C/C(C)=C\C(=O)O. The summed E-state index contributed by atoms with van der Waals surface area (Å²) in [5, 5.41) is 20.1. The number of allylic oxidation sites excluding steroid dienone is 2. The highest BCUT2D eigenvalue weighted by atomic mass is 16.5. The Morgan fingerprint density at radius 2 is 1.96 bits per heavy atom. The molecule has 2 rings (SSSR count). The molecule has 4 nitrogen and oxygen atoms in total. The number of rotatable bonds is 6. The highest BCUT2D eigenvalue weighted by Gasteiger charge is 2.47. The van der Waals surface area contributed by atoms with Gasteiger partial charge in [0, 0.05) is 11.5 Å². The molecule has 0 aromatic heterocycles. The Balaban J connectivity index is 2.17. The van der Waals surface area contributed by atoms with Crippen molar-refractivity contribution in [2.24, 2.45) is 5.41 Å². The molecule has 0 saturated carbocycles. The van der Waals surface area contributed by atoms with Gasteiger partial charge in [0.05, 0.1) is 12.7 Å². The van der Waals surface area contributed by atoms with Gasteiger partial charge in [-0.2, -0.15) is 0 Å². The van der Waals surface area contributed by atoms with Crippen molar-refractivity contribution >= 4 is 5.97 Å². The van der Waals surface area contributed by atoms with Crippen LogP contribution in [0.5, 0.6) is 0 Å². The summed E-state index contributed by atoms with van der Waals surface area (Å²) in [5.74, 6) is -0.997. The molecule has 2 N–H and O–H groups in total. The molecule has 0 fully saturated rings. The Kier molecular flexibility index (Phi) is 6.21. The molecule has 4 heteroatoms. The maximum atomic E-state index is 11.3. The Morgan fingerprint density at radius 3 is 2.54 bits per heavy atom. The first-order valence-corrected chi connectivity index (χ1v) is 8.81. The monoisotopic (exact) mass is 356 g/mol. The maximum Gasteiger partial charge on any atom is 0.328 e. The van der Waals surface area contributed by atoms with E-state index >= 15 is 0 Å². The summed E-state index contributed by atoms with van der Waals surface area (Å²) in [6.07, 6.45) is 7.04. The lowest BCUT2D eigenvalue weighted by Gasteiger charge is -2.47. The van der Waals surface area contributed by atoms with Crippen molar-refractivity contribution in [2.75, 3.05) is 0 Å². The minimum Gasteiger partial charge on any atom is -0.478 e. The van der Waals surface area contributed by atoms with Crippen molar-refractivity contribution in [3.63, 3.8) is 0 Å². The van der Waals surface area contributed by atoms with E-state index in [1.807, 2.05) is 57.2 Å². The van der Waals surface area contributed by atoms with Crippen molar-refractivity contribution in [2.45, 2.75) is 52.4 Å². The van der Waals surface area contributed by atoms with E-state index in [4.69, 9.17) is 9.84 Å². The van der Waals surface area contributed by atoms with E-state index in [1.54, 1.807) is 19.1 Å². The number of carboxylic acid groups (broad SMARTS) is 1. The Labute approximate surface area is 155 Å². The highest BCUT2D eigenvalue weighted by molar-refractivity contribution is 5.81. The van der Waals surface area contributed by atoms with Gasteiger partial charge in [0.25, 0.3) is 0 Å². The quantitative estimate of drug-likeness (QED) is 0.454. The highest BCUT2D eigenvalue weighted by Crippen LogP contribution is 2.46.